The lowest BCUT2D eigenvalue weighted by atomic mass is 10.2. The van der Waals surface area contributed by atoms with Crippen molar-refractivity contribution < 1.29 is 21.5 Å². The van der Waals surface area contributed by atoms with Gasteiger partial charge in [0.15, 0.2) is 0 Å². The third kappa shape index (κ3) is 5.04. The molecule has 0 saturated heterocycles. The molecule has 1 N–H and O–H groups in total. The van der Waals surface area contributed by atoms with Gasteiger partial charge < -0.3 is 0 Å². The summed E-state index contributed by atoms with van der Waals surface area (Å²) < 4.78 is 50.8. The van der Waals surface area contributed by atoms with Crippen LogP contribution in [-0.4, -0.2) is 35.2 Å². The molecule has 2 rings (SSSR count). The number of halogens is 1. The van der Waals surface area contributed by atoms with Crippen LogP contribution in [0.5, 0.6) is 0 Å². The van der Waals surface area contributed by atoms with Crippen LogP contribution in [0.1, 0.15) is 16.1 Å². The average Bonchev–Trinajstić information content (AvgIpc) is 2.92. The summed E-state index contributed by atoms with van der Waals surface area (Å²) in [5.41, 5.74) is -0.457. The number of rotatable bonds is 6. The van der Waals surface area contributed by atoms with Crippen molar-refractivity contribution in [2.45, 2.75) is 6.92 Å². The second kappa shape index (κ2) is 8.05. The van der Waals surface area contributed by atoms with Gasteiger partial charge in [0.1, 0.15) is 5.69 Å². The molecule has 0 aliphatic rings. The van der Waals surface area contributed by atoms with E-state index in [1.165, 1.54) is 30.5 Å². The molecule has 0 spiro atoms. The van der Waals surface area contributed by atoms with E-state index in [9.17, 15) is 22.0 Å². The summed E-state index contributed by atoms with van der Waals surface area (Å²) in [6, 6.07) is 5.18. The van der Waals surface area contributed by atoms with Crippen LogP contribution in [0.3, 0.4) is 0 Å². The Hall–Kier alpha value is -1.47. The minimum absolute atomic E-state index is 0.148. The van der Waals surface area contributed by atoms with Crippen LogP contribution in [0.4, 0.5) is 5.69 Å². The Bertz CT molecular complexity index is 1040. The van der Waals surface area contributed by atoms with E-state index in [0.29, 0.717) is 10.3 Å². The van der Waals surface area contributed by atoms with Crippen molar-refractivity contribution in [2.24, 2.45) is 0 Å². The third-order valence-electron chi connectivity index (χ3n) is 3.13. The van der Waals surface area contributed by atoms with Crippen LogP contribution in [0.2, 0.25) is 0 Å². The highest BCUT2D eigenvalue weighted by Crippen LogP contribution is 2.24. The molecule has 0 fully saturated rings. The van der Waals surface area contributed by atoms with Gasteiger partial charge in [-0.1, -0.05) is 0 Å². The molecule has 0 aliphatic heterocycles. The van der Waals surface area contributed by atoms with E-state index in [1.54, 1.807) is 13.0 Å². The molecule has 1 atom stereocenters. The van der Waals surface area contributed by atoms with Gasteiger partial charge in [0.25, 0.3) is 11.3 Å². The minimum atomic E-state index is -4.01. The van der Waals surface area contributed by atoms with E-state index in [2.05, 4.69) is 15.9 Å². The van der Waals surface area contributed by atoms with Gasteiger partial charge in [-0.25, -0.2) is 4.21 Å². The monoisotopic (exact) mass is 482 g/mol. The highest BCUT2D eigenvalue weighted by molar-refractivity contribution is 9.11. The van der Waals surface area contributed by atoms with Gasteiger partial charge >= 0.3 is 15.7 Å². The van der Waals surface area contributed by atoms with Crippen LogP contribution in [0.15, 0.2) is 26.8 Å². The molecule has 142 valence electrons. The Morgan fingerprint density at radius 1 is 1.38 bits per heavy atom. The quantitative estimate of drug-likeness (QED) is 0.631. The van der Waals surface area contributed by atoms with Crippen molar-refractivity contribution in [3.05, 3.63) is 48.5 Å². The molecule has 0 amide bonds. The highest BCUT2D eigenvalue weighted by Gasteiger charge is 2.20. The number of hydrogen-bond donors (Lipinski definition) is 1. The standard InChI is InChI=1S/C14H15BrN2O6S3/c1-9-8-10(4-5-11-6-7-12(15)24-11)17(23-26(3,21)22)14(18)13(9)16(2)25(19)20/h4-8H,1-3H3,(H,19,20). The first-order valence-electron chi connectivity index (χ1n) is 6.94. The molecule has 2 aromatic heterocycles. The smallest absolute Gasteiger partial charge is 0.289 e. The molecule has 1 unspecified atom stereocenters. The van der Waals surface area contributed by atoms with E-state index < -0.39 is 26.9 Å². The molecule has 0 aliphatic carbocycles. The fraction of sp³-hybridized carbons (Fsp3) is 0.214. The van der Waals surface area contributed by atoms with Crippen molar-refractivity contribution >= 4 is 66.5 Å². The maximum Gasteiger partial charge on any atom is 0.324 e. The van der Waals surface area contributed by atoms with Crippen molar-refractivity contribution in [2.75, 3.05) is 17.6 Å². The molecule has 0 saturated carbocycles. The molecule has 8 nitrogen and oxygen atoms in total. The van der Waals surface area contributed by atoms with Crippen molar-refractivity contribution in [3.8, 4) is 0 Å². The Balaban J connectivity index is 2.65. The predicted octanol–water partition coefficient (Wildman–Crippen LogP) is 2.11. The molecule has 12 heteroatoms. The fourth-order valence-corrected chi connectivity index (χ4v) is 4.23. The molecule has 26 heavy (non-hydrogen) atoms. The first-order chi connectivity index (χ1) is 12.0. The SMILES string of the molecule is Cc1cc(C=Cc2ccc(Br)s2)n(OS(C)(=O)=O)c(=O)c1N(C)S(=O)O. The van der Waals surface area contributed by atoms with E-state index in [0.717, 1.165) is 19.2 Å². The van der Waals surface area contributed by atoms with Gasteiger partial charge in [-0.3, -0.25) is 17.9 Å². The summed E-state index contributed by atoms with van der Waals surface area (Å²) in [4.78, 5) is 13.6. The first-order valence-corrected chi connectivity index (χ1v) is 11.4. The molecule has 2 heterocycles. The summed E-state index contributed by atoms with van der Waals surface area (Å²) in [6.07, 6.45) is 4.02. The zero-order chi connectivity index (χ0) is 19.6. The van der Waals surface area contributed by atoms with Gasteiger partial charge in [-0.2, -0.15) is 8.42 Å². The van der Waals surface area contributed by atoms with Crippen LogP contribution >= 0.6 is 27.3 Å². The largest absolute Gasteiger partial charge is 0.324 e. The fourth-order valence-electron chi connectivity index (χ4n) is 2.11. The zero-order valence-electron chi connectivity index (χ0n) is 13.9. The predicted molar refractivity (Wildman–Crippen MR) is 107 cm³/mol. The van der Waals surface area contributed by atoms with E-state index in [1.807, 2.05) is 12.1 Å². The Labute approximate surface area is 165 Å². The first kappa shape index (κ1) is 20.8. The molecular weight excluding hydrogens is 468 g/mol. The number of anilines is 1. The van der Waals surface area contributed by atoms with Crippen LogP contribution < -0.4 is 14.1 Å². The summed E-state index contributed by atoms with van der Waals surface area (Å²) in [5.74, 6) is 0. The number of nitrogens with zero attached hydrogens (tertiary/aromatic N) is 2. The van der Waals surface area contributed by atoms with Gasteiger partial charge in [0, 0.05) is 11.9 Å². The van der Waals surface area contributed by atoms with Crippen molar-refractivity contribution in [1.82, 2.24) is 4.73 Å². The third-order valence-corrected chi connectivity index (χ3v) is 5.79. The normalized spacial score (nSPS) is 13.1. The molecule has 0 bridgehead atoms. The maximum absolute atomic E-state index is 12.7. The average molecular weight is 483 g/mol. The van der Waals surface area contributed by atoms with Crippen molar-refractivity contribution in [1.29, 1.82) is 0 Å². The summed E-state index contributed by atoms with van der Waals surface area (Å²) in [5, 5.41) is 0. The van der Waals surface area contributed by atoms with Gasteiger partial charge in [0.2, 0.25) is 0 Å². The van der Waals surface area contributed by atoms with E-state index in [-0.39, 0.29) is 11.4 Å². The lowest BCUT2D eigenvalue weighted by Crippen LogP contribution is -2.37. The Morgan fingerprint density at radius 3 is 2.54 bits per heavy atom. The summed E-state index contributed by atoms with van der Waals surface area (Å²) >= 11 is 2.33. The second-order valence-electron chi connectivity index (χ2n) is 5.18. The number of thiophene rings is 1. The molecule has 0 radical (unpaired) electrons. The lowest BCUT2D eigenvalue weighted by molar-refractivity contribution is 0.268. The second-order valence-corrected chi connectivity index (χ2v) is 10.2. The number of hydrogen-bond acceptors (Lipinski definition) is 6. The maximum atomic E-state index is 12.7. The Morgan fingerprint density at radius 2 is 2.04 bits per heavy atom. The van der Waals surface area contributed by atoms with Gasteiger partial charge in [-0.15, -0.1) is 16.1 Å². The summed E-state index contributed by atoms with van der Waals surface area (Å²) in [7, 11) is -2.77. The molecule has 0 aromatic carbocycles. The minimum Gasteiger partial charge on any atom is -0.289 e. The number of pyridine rings is 1. The zero-order valence-corrected chi connectivity index (χ0v) is 17.9. The Kier molecular flexibility index (Phi) is 6.45. The van der Waals surface area contributed by atoms with Crippen LogP contribution in [0.25, 0.3) is 12.2 Å². The number of aryl methyl sites for hydroxylation is 1. The summed E-state index contributed by atoms with van der Waals surface area (Å²) in [6.45, 7) is 1.57. The van der Waals surface area contributed by atoms with Gasteiger partial charge in [0.05, 0.1) is 15.7 Å². The van der Waals surface area contributed by atoms with Gasteiger partial charge in [-0.05, 0) is 58.8 Å². The highest BCUT2D eigenvalue weighted by atomic mass is 79.9. The lowest BCUT2D eigenvalue weighted by Gasteiger charge is -2.18. The topological polar surface area (TPSA) is 106 Å². The van der Waals surface area contributed by atoms with Crippen LogP contribution in [0, 0.1) is 6.92 Å². The van der Waals surface area contributed by atoms with E-state index in [4.69, 9.17) is 4.28 Å². The van der Waals surface area contributed by atoms with E-state index >= 15 is 0 Å². The van der Waals surface area contributed by atoms with Crippen molar-refractivity contribution in [3.63, 3.8) is 0 Å². The molecule has 2 aromatic rings. The molecular formula is C14H15BrN2O6S3. The number of aromatic nitrogens is 1. The van der Waals surface area contributed by atoms with Crippen LogP contribution in [-0.2, 0) is 21.4 Å².